The highest BCUT2D eigenvalue weighted by molar-refractivity contribution is 5.94. The SMILES string of the molecule is Cc1nc(C(=O)NC(C)c2ccccn2)ccc1C(=O)O. The summed E-state index contributed by atoms with van der Waals surface area (Å²) >= 11 is 0. The molecule has 0 bridgehead atoms. The van der Waals surface area contributed by atoms with Gasteiger partial charge in [-0.2, -0.15) is 0 Å². The fourth-order valence-electron chi connectivity index (χ4n) is 1.89. The average Bonchev–Trinajstić information content (AvgIpc) is 2.47. The van der Waals surface area contributed by atoms with Gasteiger partial charge in [0.05, 0.1) is 23.0 Å². The molecule has 0 aliphatic heterocycles. The third kappa shape index (κ3) is 3.42. The lowest BCUT2D eigenvalue weighted by Crippen LogP contribution is -2.28. The molecule has 6 heteroatoms. The first kappa shape index (κ1) is 14.6. The van der Waals surface area contributed by atoms with E-state index in [4.69, 9.17) is 5.11 Å². The van der Waals surface area contributed by atoms with E-state index in [1.807, 2.05) is 19.1 Å². The Kier molecular flexibility index (Phi) is 4.27. The monoisotopic (exact) mass is 285 g/mol. The van der Waals surface area contributed by atoms with Crippen LogP contribution in [0.2, 0.25) is 0 Å². The van der Waals surface area contributed by atoms with Crippen LogP contribution in [0.3, 0.4) is 0 Å². The number of aromatic nitrogens is 2. The average molecular weight is 285 g/mol. The predicted octanol–water partition coefficient (Wildman–Crippen LogP) is 1.97. The number of aromatic carboxylic acids is 1. The number of carboxylic acid groups (broad SMARTS) is 1. The van der Waals surface area contributed by atoms with Crippen molar-refractivity contribution in [3.05, 3.63) is 59.2 Å². The standard InChI is InChI=1S/C15H15N3O3/c1-9-11(15(20)21)6-7-13(17-9)14(19)18-10(2)12-5-3-4-8-16-12/h3-8,10H,1-2H3,(H,18,19)(H,20,21). The van der Waals surface area contributed by atoms with Gasteiger partial charge in [-0.25, -0.2) is 9.78 Å². The summed E-state index contributed by atoms with van der Waals surface area (Å²) in [6.07, 6.45) is 1.65. The van der Waals surface area contributed by atoms with Gasteiger partial charge in [-0.1, -0.05) is 6.07 Å². The van der Waals surface area contributed by atoms with Crippen LogP contribution in [0.25, 0.3) is 0 Å². The van der Waals surface area contributed by atoms with Crippen LogP contribution in [0.1, 0.15) is 45.2 Å². The third-order valence-electron chi connectivity index (χ3n) is 3.03. The Morgan fingerprint density at radius 3 is 2.57 bits per heavy atom. The van der Waals surface area contributed by atoms with Gasteiger partial charge in [0.25, 0.3) is 5.91 Å². The quantitative estimate of drug-likeness (QED) is 0.896. The van der Waals surface area contributed by atoms with Gasteiger partial charge in [0.15, 0.2) is 0 Å². The Morgan fingerprint density at radius 2 is 2.00 bits per heavy atom. The van der Waals surface area contributed by atoms with Crippen LogP contribution in [0.4, 0.5) is 0 Å². The van der Waals surface area contributed by atoms with Gasteiger partial charge in [-0.05, 0) is 38.1 Å². The molecular weight excluding hydrogens is 270 g/mol. The number of amides is 1. The van der Waals surface area contributed by atoms with Crippen molar-refractivity contribution in [3.63, 3.8) is 0 Å². The summed E-state index contributed by atoms with van der Waals surface area (Å²) in [6.45, 7) is 3.38. The minimum Gasteiger partial charge on any atom is -0.478 e. The van der Waals surface area contributed by atoms with Crippen molar-refractivity contribution < 1.29 is 14.7 Å². The van der Waals surface area contributed by atoms with Crippen LogP contribution in [0.15, 0.2) is 36.5 Å². The predicted molar refractivity (Wildman–Crippen MR) is 76.1 cm³/mol. The molecule has 2 N–H and O–H groups in total. The summed E-state index contributed by atoms with van der Waals surface area (Å²) in [5, 5.41) is 11.7. The van der Waals surface area contributed by atoms with Gasteiger partial charge in [-0.3, -0.25) is 9.78 Å². The summed E-state index contributed by atoms with van der Waals surface area (Å²) < 4.78 is 0. The number of pyridine rings is 2. The molecule has 2 aromatic heterocycles. The number of carbonyl (C=O) groups is 2. The second kappa shape index (κ2) is 6.13. The molecule has 0 radical (unpaired) electrons. The van der Waals surface area contributed by atoms with Crippen molar-refractivity contribution >= 4 is 11.9 Å². The zero-order chi connectivity index (χ0) is 15.4. The first-order chi connectivity index (χ1) is 9.99. The second-order valence-corrected chi connectivity index (χ2v) is 4.58. The first-order valence-corrected chi connectivity index (χ1v) is 6.41. The van der Waals surface area contributed by atoms with Gasteiger partial charge in [0.1, 0.15) is 5.69 Å². The van der Waals surface area contributed by atoms with Crippen molar-refractivity contribution in [3.8, 4) is 0 Å². The lowest BCUT2D eigenvalue weighted by atomic mass is 10.1. The van der Waals surface area contributed by atoms with Gasteiger partial charge in [0, 0.05) is 6.20 Å². The summed E-state index contributed by atoms with van der Waals surface area (Å²) in [4.78, 5) is 31.2. The van der Waals surface area contributed by atoms with Crippen molar-refractivity contribution in [1.82, 2.24) is 15.3 Å². The van der Waals surface area contributed by atoms with Crippen LogP contribution in [0, 0.1) is 6.92 Å². The lowest BCUT2D eigenvalue weighted by Gasteiger charge is -2.13. The molecule has 1 unspecified atom stereocenters. The number of nitrogens with zero attached hydrogens (tertiary/aromatic N) is 2. The molecule has 108 valence electrons. The molecule has 21 heavy (non-hydrogen) atoms. The molecule has 2 heterocycles. The normalized spacial score (nSPS) is 11.7. The highest BCUT2D eigenvalue weighted by Gasteiger charge is 2.15. The van der Waals surface area contributed by atoms with Crippen LogP contribution < -0.4 is 5.32 Å². The lowest BCUT2D eigenvalue weighted by molar-refractivity contribution is 0.0694. The molecule has 2 rings (SSSR count). The molecule has 1 amide bonds. The Balaban J connectivity index is 2.14. The molecule has 0 spiro atoms. The first-order valence-electron chi connectivity index (χ1n) is 6.41. The summed E-state index contributed by atoms with van der Waals surface area (Å²) in [7, 11) is 0. The molecule has 0 aromatic carbocycles. The van der Waals surface area contributed by atoms with Crippen molar-refractivity contribution in [2.45, 2.75) is 19.9 Å². The van der Waals surface area contributed by atoms with E-state index in [0.29, 0.717) is 5.69 Å². The minimum atomic E-state index is -1.06. The smallest absolute Gasteiger partial charge is 0.337 e. The Hall–Kier alpha value is -2.76. The van der Waals surface area contributed by atoms with Crippen LogP contribution in [-0.2, 0) is 0 Å². The Morgan fingerprint density at radius 1 is 1.24 bits per heavy atom. The van der Waals surface area contributed by atoms with E-state index in [0.717, 1.165) is 5.69 Å². The molecule has 0 aliphatic carbocycles. The van der Waals surface area contributed by atoms with Crippen LogP contribution in [0.5, 0.6) is 0 Å². The molecule has 0 saturated carbocycles. The van der Waals surface area contributed by atoms with Crippen LogP contribution in [-0.4, -0.2) is 27.0 Å². The van der Waals surface area contributed by atoms with E-state index < -0.39 is 5.97 Å². The largest absolute Gasteiger partial charge is 0.478 e. The van der Waals surface area contributed by atoms with Gasteiger partial charge in [-0.15, -0.1) is 0 Å². The van der Waals surface area contributed by atoms with E-state index in [1.54, 1.807) is 19.2 Å². The summed E-state index contributed by atoms with van der Waals surface area (Å²) in [5.74, 6) is -1.43. The Bertz CT molecular complexity index is 671. The summed E-state index contributed by atoms with van der Waals surface area (Å²) in [5.41, 5.74) is 1.31. The second-order valence-electron chi connectivity index (χ2n) is 4.58. The van der Waals surface area contributed by atoms with E-state index in [2.05, 4.69) is 15.3 Å². The number of carbonyl (C=O) groups excluding carboxylic acids is 1. The maximum absolute atomic E-state index is 12.1. The van der Waals surface area contributed by atoms with Crippen molar-refractivity contribution in [1.29, 1.82) is 0 Å². The molecule has 0 fully saturated rings. The van der Waals surface area contributed by atoms with E-state index in [1.165, 1.54) is 12.1 Å². The molecule has 0 aliphatic rings. The molecular formula is C15H15N3O3. The number of hydrogen-bond acceptors (Lipinski definition) is 4. The van der Waals surface area contributed by atoms with E-state index in [-0.39, 0.29) is 23.2 Å². The fraction of sp³-hybridized carbons (Fsp3) is 0.200. The zero-order valence-electron chi connectivity index (χ0n) is 11.7. The van der Waals surface area contributed by atoms with E-state index in [9.17, 15) is 9.59 Å². The van der Waals surface area contributed by atoms with Gasteiger partial charge in [0.2, 0.25) is 0 Å². The van der Waals surface area contributed by atoms with Crippen molar-refractivity contribution in [2.24, 2.45) is 0 Å². The topological polar surface area (TPSA) is 92.2 Å². The minimum absolute atomic E-state index is 0.0873. The number of carboxylic acids is 1. The van der Waals surface area contributed by atoms with Crippen LogP contribution >= 0.6 is 0 Å². The fourth-order valence-corrected chi connectivity index (χ4v) is 1.89. The molecule has 6 nitrogen and oxygen atoms in total. The third-order valence-corrected chi connectivity index (χ3v) is 3.03. The Labute approximate surface area is 121 Å². The molecule has 0 saturated heterocycles. The van der Waals surface area contributed by atoms with Gasteiger partial charge < -0.3 is 10.4 Å². The van der Waals surface area contributed by atoms with Crippen molar-refractivity contribution in [2.75, 3.05) is 0 Å². The molecule has 1 atom stereocenters. The highest BCUT2D eigenvalue weighted by atomic mass is 16.4. The maximum atomic E-state index is 12.1. The van der Waals surface area contributed by atoms with E-state index >= 15 is 0 Å². The maximum Gasteiger partial charge on any atom is 0.337 e. The highest BCUT2D eigenvalue weighted by Crippen LogP contribution is 2.11. The van der Waals surface area contributed by atoms with Gasteiger partial charge >= 0.3 is 5.97 Å². The number of hydrogen-bond donors (Lipinski definition) is 2. The number of rotatable bonds is 4. The number of aryl methyl sites for hydroxylation is 1. The molecule has 2 aromatic rings. The summed E-state index contributed by atoms with van der Waals surface area (Å²) in [6, 6.07) is 7.97. The zero-order valence-corrected chi connectivity index (χ0v) is 11.7. The number of nitrogens with one attached hydrogen (secondary N) is 1.